The minimum Gasteiger partial charge on any atom is -0.340 e. The molecule has 1 aromatic heterocycles. The molecule has 0 atom stereocenters. The summed E-state index contributed by atoms with van der Waals surface area (Å²) >= 11 is 11.7. The average Bonchev–Trinajstić information content (AvgIpc) is 2.86. The van der Waals surface area contributed by atoms with Gasteiger partial charge in [0.1, 0.15) is 10.8 Å². The number of nitrogens with one attached hydrogen (secondary N) is 1. The molecule has 0 spiro atoms. The Balaban J connectivity index is 2.23. The lowest BCUT2D eigenvalue weighted by Gasteiger charge is -2.20. The predicted octanol–water partition coefficient (Wildman–Crippen LogP) is 4.02. The van der Waals surface area contributed by atoms with Crippen molar-refractivity contribution in [3.05, 3.63) is 70.0 Å². The Labute approximate surface area is 138 Å². The van der Waals surface area contributed by atoms with Crippen LogP contribution in [0.3, 0.4) is 0 Å². The number of aromatic nitrogens is 1. The monoisotopic (exact) mass is 333 g/mol. The van der Waals surface area contributed by atoms with Gasteiger partial charge in [0.25, 0.3) is 5.91 Å². The summed E-state index contributed by atoms with van der Waals surface area (Å²) in [7, 11) is 0. The first kappa shape index (κ1) is 16.2. The summed E-state index contributed by atoms with van der Waals surface area (Å²) in [5, 5.41) is 9.47. The number of benzene rings is 1. The van der Waals surface area contributed by atoms with E-state index in [-0.39, 0.29) is 11.1 Å². The molecular weight excluding hydrogens is 321 g/mol. The molecule has 0 unspecified atom stereocenters. The fourth-order valence-electron chi connectivity index (χ4n) is 2.02. The summed E-state index contributed by atoms with van der Waals surface area (Å²) in [6.07, 6.45) is 1.64. The molecule has 0 radical (unpaired) electrons. The molecule has 1 heterocycles. The van der Waals surface area contributed by atoms with Crippen LogP contribution in [0.2, 0.25) is 10.2 Å². The quantitative estimate of drug-likeness (QED) is 0.840. The van der Waals surface area contributed by atoms with Gasteiger partial charge in [0.05, 0.1) is 16.7 Å². The Hall–Kier alpha value is -2.22. The van der Waals surface area contributed by atoms with Crippen LogP contribution >= 0.6 is 23.2 Å². The molecule has 6 heteroatoms. The van der Waals surface area contributed by atoms with Crippen LogP contribution in [0.15, 0.2) is 43.0 Å². The van der Waals surface area contributed by atoms with Gasteiger partial charge in [-0.05, 0) is 23.8 Å². The van der Waals surface area contributed by atoms with Crippen molar-refractivity contribution in [1.29, 1.82) is 5.26 Å². The van der Waals surface area contributed by atoms with Crippen LogP contribution < -0.4 is 0 Å². The molecule has 0 aliphatic carbocycles. The highest BCUT2D eigenvalue weighted by Crippen LogP contribution is 2.23. The molecule has 1 aromatic carbocycles. The van der Waals surface area contributed by atoms with Crippen LogP contribution in [0, 0.1) is 11.3 Å². The molecular formula is C16H13Cl2N3O. The Morgan fingerprint density at radius 2 is 2.18 bits per heavy atom. The van der Waals surface area contributed by atoms with Crippen molar-refractivity contribution in [3.63, 3.8) is 0 Å². The molecule has 0 aliphatic rings. The molecule has 1 N–H and O–H groups in total. The zero-order valence-corrected chi connectivity index (χ0v) is 13.2. The number of halogens is 2. The summed E-state index contributed by atoms with van der Waals surface area (Å²) in [6, 6.07) is 10.7. The summed E-state index contributed by atoms with van der Waals surface area (Å²) in [4.78, 5) is 16.9. The number of aromatic amines is 1. The number of hydrogen-bond acceptors (Lipinski definition) is 2. The van der Waals surface area contributed by atoms with Crippen LogP contribution in [0.1, 0.15) is 21.6 Å². The van der Waals surface area contributed by atoms with Gasteiger partial charge < -0.3 is 9.88 Å². The number of nitriles is 1. The lowest BCUT2D eigenvalue weighted by Crippen LogP contribution is -2.31. The van der Waals surface area contributed by atoms with Gasteiger partial charge in [0.2, 0.25) is 0 Å². The fraction of sp³-hybridized carbons (Fsp3) is 0.125. The number of nitrogens with zero attached hydrogens (tertiary/aromatic N) is 2. The topological polar surface area (TPSA) is 59.9 Å². The molecule has 2 aromatic rings. The first-order chi connectivity index (χ1) is 10.5. The predicted molar refractivity (Wildman–Crippen MR) is 86.9 cm³/mol. The van der Waals surface area contributed by atoms with E-state index in [0.717, 1.165) is 5.56 Å². The van der Waals surface area contributed by atoms with Crippen LogP contribution in [-0.4, -0.2) is 22.3 Å². The van der Waals surface area contributed by atoms with E-state index >= 15 is 0 Å². The Kier molecular flexibility index (Phi) is 5.26. The van der Waals surface area contributed by atoms with E-state index in [9.17, 15) is 4.79 Å². The maximum Gasteiger partial charge on any atom is 0.270 e. The van der Waals surface area contributed by atoms with Crippen LogP contribution in [-0.2, 0) is 6.54 Å². The molecule has 0 fully saturated rings. The van der Waals surface area contributed by atoms with E-state index in [0.29, 0.717) is 29.4 Å². The van der Waals surface area contributed by atoms with Crippen molar-refractivity contribution in [2.24, 2.45) is 0 Å². The zero-order chi connectivity index (χ0) is 16.1. The number of carbonyl (C=O) groups is 1. The highest BCUT2D eigenvalue weighted by molar-refractivity contribution is 6.41. The Morgan fingerprint density at radius 1 is 1.41 bits per heavy atom. The highest BCUT2D eigenvalue weighted by Gasteiger charge is 2.18. The molecule has 0 bridgehead atoms. The van der Waals surface area contributed by atoms with Crippen molar-refractivity contribution < 1.29 is 4.79 Å². The smallest absolute Gasteiger partial charge is 0.270 e. The Bertz CT molecular complexity index is 727. The van der Waals surface area contributed by atoms with Gasteiger partial charge >= 0.3 is 0 Å². The zero-order valence-electron chi connectivity index (χ0n) is 11.6. The molecule has 112 valence electrons. The first-order valence-electron chi connectivity index (χ1n) is 6.48. The third kappa shape index (κ3) is 3.70. The summed E-state index contributed by atoms with van der Waals surface area (Å²) in [6.45, 7) is 4.39. The van der Waals surface area contributed by atoms with E-state index in [4.69, 9.17) is 28.5 Å². The highest BCUT2D eigenvalue weighted by atomic mass is 35.5. The molecule has 0 saturated carbocycles. The van der Waals surface area contributed by atoms with Crippen molar-refractivity contribution in [1.82, 2.24) is 9.88 Å². The van der Waals surface area contributed by atoms with Crippen molar-refractivity contribution in [2.45, 2.75) is 6.54 Å². The van der Waals surface area contributed by atoms with E-state index < -0.39 is 0 Å². The number of rotatable bonds is 5. The number of carbonyl (C=O) groups excluding carboxylic acids is 1. The number of hydrogen-bond donors (Lipinski definition) is 1. The molecule has 4 nitrogen and oxygen atoms in total. The third-order valence-electron chi connectivity index (χ3n) is 3.02. The Morgan fingerprint density at radius 3 is 2.77 bits per heavy atom. The normalized spacial score (nSPS) is 10.0. The number of H-pyrrole nitrogens is 1. The summed E-state index contributed by atoms with van der Waals surface area (Å²) in [5.41, 5.74) is 1.72. The van der Waals surface area contributed by atoms with Crippen LogP contribution in [0.5, 0.6) is 0 Å². The average molecular weight is 334 g/mol. The minimum atomic E-state index is -0.240. The summed E-state index contributed by atoms with van der Waals surface area (Å²) < 4.78 is 0. The largest absolute Gasteiger partial charge is 0.340 e. The van der Waals surface area contributed by atoms with Crippen molar-refractivity contribution in [2.75, 3.05) is 6.54 Å². The lowest BCUT2D eigenvalue weighted by molar-refractivity contribution is 0.0757. The molecule has 1 amide bonds. The summed E-state index contributed by atoms with van der Waals surface area (Å²) in [5.74, 6) is -0.240. The van der Waals surface area contributed by atoms with Gasteiger partial charge in [0, 0.05) is 13.1 Å². The van der Waals surface area contributed by atoms with E-state index in [1.165, 1.54) is 6.07 Å². The lowest BCUT2D eigenvalue weighted by atomic mass is 10.1. The molecule has 0 saturated heterocycles. The standard InChI is InChI=1S/C16H13Cl2N3O/c1-2-6-21(10-12-5-3-4-11(7-12)9-19)16(22)14-8-13(17)15(18)20-14/h2-5,7-8,20H,1,6,10H2. The van der Waals surface area contributed by atoms with E-state index in [2.05, 4.69) is 17.6 Å². The van der Waals surface area contributed by atoms with Gasteiger partial charge in [-0.2, -0.15) is 5.26 Å². The van der Waals surface area contributed by atoms with Gasteiger partial charge in [0.15, 0.2) is 0 Å². The van der Waals surface area contributed by atoms with E-state index in [1.54, 1.807) is 29.2 Å². The maximum atomic E-state index is 12.5. The van der Waals surface area contributed by atoms with Gasteiger partial charge in [-0.1, -0.05) is 41.4 Å². The molecule has 2 rings (SSSR count). The van der Waals surface area contributed by atoms with Crippen molar-refractivity contribution >= 4 is 29.1 Å². The third-order valence-corrected chi connectivity index (χ3v) is 3.71. The van der Waals surface area contributed by atoms with Gasteiger partial charge in [-0.15, -0.1) is 6.58 Å². The van der Waals surface area contributed by atoms with Crippen molar-refractivity contribution in [3.8, 4) is 6.07 Å². The molecule has 0 aliphatic heterocycles. The second-order valence-corrected chi connectivity index (χ2v) is 5.42. The minimum absolute atomic E-state index is 0.232. The molecule has 22 heavy (non-hydrogen) atoms. The van der Waals surface area contributed by atoms with Crippen LogP contribution in [0.4, 0.5) is 0 Å². The second-order valence-electron chi connectivity index (χ2n) is 4.63. The fourth-order valence-corrected chi connectivity index (χ4v) is 2.34. The van der Waals surface area contributed by atoms with Gasteiger partial charge in [-0.25, -0.2) is 0 Å². The number of amides is 1. The SMILES string of the molecule is C=CCN(Cc1cccc(C#N)c1)C(=O)c1cc(Cl)c(Cl)[nH]1. The second kappa shape index (κ2) is 7.17. The maximum absolute atomic E-state index is 12.5. The first-order valence-corrected chi connectivity index (χ1v) is 7.24. The van der Waals surface area contributed by atoms with Crippen LogP contribution in [0.25, 0.3) is 0 Å². The van der Waals surface area contributed by atoms with Gasteiger partial charge in [-0.3, -0.25) is 4.79 Å². The van der Waals surface area contributed by atoms with E-state index in [1.807, 2.05) is 6.07 Å².